The van der Waals surface area contributed by atoms with E-state index in [0.717, 1.165) is 37.3 Å². The Balaban J connectivity index is 1.84. The van der Waals surface area contributed by atoms with E-state index < -0.39 is 0 Å². The Labute approximate surface area is 112 Å². The van der Waals surface area contributed by atoms with Crippen molar-refractivity contribution >= 4 is 0 Å². The van der Waals surface area contributed by atoms with Gasteiger partial charge >= 0.3 is 0 Å². The zero-order valence-corrected chi connectivity index (χ0v) is 12.1. The molecule has 2 atom stereocenters. The lowest BCUT2D eigenvalue weighted by Crippen LogP contribution is -2.58. The van der Waals surface area contributed by atoms with Crippen molar-refractivity contribution in [1.82, 2.24) is 10.2 Å². The number of aliphatic hydroxyl groups excluding tert-OH is 1. The quantitative estimate of drug-likeness (QED) is 0.710. The van der Waals surface area contributed by atoms with Crippen LogP contribution in [0, 0.1) is 11.8 Å². The summed E-state index contributed by atoms with van der Waals surface area (Å²) in [6.07, 6.45) is 6.28. The lowest BCUT2D eigenvalue weighted by atomic mass is 9.73. The number of rotatable bonds is 6. The SMILES string of the molecule is CC(C)N1CC2CCCC(C1)C2NCCCCO. The predicted octanol–water partition coefficient (Wildman–Crippen LogP) is 1.86. The van der Waals surface area contributed by atoms with E-state index in [1.165, 1.54) is 32.4 Å². The molecule has 0 aromatic heterocycles. The Morgan fingerprint density at radius 2 is 1.83 bits per heavy atom. The molecule has 0 spiro atoms. The van der Waals surface area contributed by atoms with Crippen LogP contribution in [0.5, 0.6) is 0 Å². The van der Waals surface area contributed by atoms with Gasteiger partial charge in [0.2, 0.25) is 0 Å². The zero-order chi connectivity index (χ0) is 13.0. The standard InChI is InChI=1S/C15H30N2O/c1-12(2)17-10-13-6-5-7-14(11-17)15(13)16-8-3-4-9-18/h12-16,18H,3-11H2,1-2H3. The molecule has 0 aromatic carbocycles. The van der Waals surface area contributed by atoms with Crippen LogP contribution in [0.4, 0.5) is 0 Å². The van der Waals surface area contributed by atoms with Crippen LogP contribution in [-0.2, 0) is 0 Å². The summed E-state index contributed by atoms with van der Waals surface area (Å²) >= 11 is 0. The molecule has 0 radical (unpaired) electrons. The first-order valence-electron chi connectivity index (χ1n) is 7.80. The van der Waals surface area contributed by atoms with Crippen LogP contribution < -0.4 is 5.32 Å². The van der Waals surface area contributed by atoms with Crippen LogP contribution in [0.25, 0.3) is 0 Å². The van der Waals surface area contributed by atoms with Gasteiger partial charge in [-0.1, -0.05) is 6.42 Å². The van der Waals surface area contributed by atoms with Crippen molar-refractivity contribution in [3.63, 3.8) is 0 Å². The topological polar surface area (TPSA) is 35.5 Å². The first-order valence-corrected chi connectivity index (χ1v) is 7.80. The first-order chi connectivity index (χ1) is 8.72. The number of aliphatic hydroxyl groups is 1. The van der Waals surface area contributed by atoms with Crippen LogP contribution in [0.2, 0.25) is 0 Å². The molecule has 0 aromatic rings. The van der Waals surface area contributed by atoms with Crippen molar-refractivity contribution in [2.45, 2.75) is 58.0 Å². The average Bonchev–Trinajstić information content (AvgIpc) is 2.33. The maximum atomic E-state index is 8.83. The van der Waals surface area contributed by atoms with Crippen LogP contribution in [0.1, 0.15) is 46.0 Å². The Morgan fingerprint density at radius 3 is 2.39 bits per heavy atom. The molecule has 1 saturated carbocycles. The number of likely N-dealkylation sites (tertiary alicyclic amines) is 1. The second-order valence-electron chi connectivity index (χ2n) is 6.41. The minimum Gasteiger partial charge on any atom is -0.396 e. The highest BCUT2D eigenvalue weighted by Gasteiger charge is 2.39. The van der Waals surface area contributed by atoms with Gasteiger partial charge in [0.05, 0.1) is 0 Å². The third-order valence-electron chi connectivity index (χ3n) is 4.80. The molecule has 1 aliphatic carbocycles. The van der Waals surface area contributed by atoms with Gasteiger partial charge in [-0.2, -0.15) is 0 Å². The number of unbranched alkanes of at least 4 members (excludes halogenated alkanes) is 1. The molecule has 2 fully saturated rings. The third-order valence-corrected chi connectivity index (χ3v) is 4.80. The second kappa shape index (κ2) is 6.88. The molecule has 0 amide bonds. The zero-order valence-electron chi connectivity index (χ0n) is 12.1. The van der Waals surface area contributed by atoms with E-state index in [2.05, 4.69) is 24.1 Å². The van der Waals surface area contributed by atoms with E-state index in [9.17, 15) is 0 Å². The summed E-state index contributed by atoms with van der Waals surface area (Å²) in [5.74, 6) is 1.71. The van der Waals surface area contributed by atoms with Gasteiger partial charge in [0.1, 0.15) is 0 Å². The fourth-order valence-corrected chi connectivity index (χ4v) is 3.73. The second-order valence-corrected chi connectivity index (χ2v) is 6.41. The number of nitrogens with zero attached hydrogens (tertiary/aromatic N) is 1. The molecule has 18 heavy (non-hydrogen) atoms. The van der Waals surface area contributed by atoms with Gasteiger partial charge in [-0.25, -0.2) is 0 Å². The van der Waals surface area contributed by atoms with Crippen LogP contribution in [-0.4, -0.2) is 48.3 Å². The van der Waals surface area contributed by atoms with Gasteiger partial charge in [0.25, 0.3) is 0 Å². The molecule has 2 rings (SSSR count). The number of fused-ring (bicyclic) bond motifs is 2. The van der Waals surface area contributed by atoms with Crippen molar-refractivity contribution in [3.05, 3.63) is 0 Å². The average molecular weight is 254 g/mol. The Bertz CT molecular complexity index is 231. The summed E-state index contributed by atoms with van der Waals surface area (Å²) in [4.78, 5) is 2.67. The third kappa shape index (κ3) is 3.46. The van der Waals surface area contributed by atoms with Gasteiger partial charge in [0.15, 0.2) is 0 Å². The highest BCUT2D eigenvalue weighted by Crippen LogP contribution is 2.35. The summed E-state index contributed by atoms with van der Waals surface area (Å²) in [6, 6.07) is 1.44. The molecule has 3 heteroatoms. The number of hydrogen-bond acceptors (Lipinski definition) is 3. The van der Waals surface area contributed by atoms with Crippen molar-refractivity contribution in [2.75, 3.05) is 26.2 Å². The molecular formula is C15H30N2O. The molecule has 1 saturated heterocycles. The van der Waals surface area contributed by atoms with E-state index >= 15 is 0 Å². The highest BCUT2D eigenvalue weighted by molar-refractivity contribution is 4.95. The molecule has 2 N–H and O–H groups in total. The van der Waals surface area contributed by atoms with E-state index in [4.69, 9.17) is 5.11 Å². The smallest absolute Gasteiger partial charge is 0.0431 e. The maximum absolute atomic E-state index is 8.83. The van der Waals surface area contributed by atoms with Crippen molar-refractivity contribution in [3.8, 4) is 0 Å². The largest absolute Gasteiger partial charge is 0.396 e. The summed E-state index contributed by atoms with van der Waals surface area (Å²) < 4.78 is 0. The van der Waals surface area contributed by atoms with Crippen molar-refractivity contribution in [1.29, 1.82) is 0 Å². The van der Waals surface area contributed by atoms with Crippen LogP contribution >= 0.6 is 0 Å². The predicted molar refractivity (Wildman–Crippen MR) is 75.7 cm³/mol. The summed E-state index contributed by atoms with van der Waals surface area (Å²) in [7, 11) is 0. The molecule has 1 heterocycles. The minimum atomic E-state index is 0.334. The van der Waals surface area contributed by atoms with Crippen LogP contribution in [0.3, 0.4) is 0 Å². The molecule has 106 valence electrons. The number of nitrogens with one attached hydrogen (secondary N) is 1. The van der Waals surface area contributed by atoms with Gasteiger partial charge < -0.3 is 15.3 Å². The van der Waals surface area contributed by atoms with Crippen LogP contribution in [0.15, 0.2) is 0 Å². The molecule has 3 nitrogen and oxygen atoms in total. The van der Waals surface area contributed by atoms with E-state index in [1.807, 2.05) is 0 Å². The summed E-state index contributed by atoms with van der Waals surface area (Å²) in [6.45, 7) is 8.63. The highest BCUT2D eigenvalue weighted by atomic mass is 16.2. The molecule has 2 unspecified atom stereocenters. The molecule has 1 aliphatic heterocycles. The Morgan fingerprint density at radius 1 is 1.17 bits per heavy atom. The lowest BCUT2D eigenvalue weighted by molar-refractivity contribution is 0.0296. The maximum Gasteiger partial charge on any atom is 0.0431 e. The summed E-state index contributed by atoms with van der Waals surface area (Å²) in [5, 5.41) is 12.6. The monoisotopic (exact) mass is 254 g/mol. The Hall–Kier alpha value is -0.120. The van der Waals surface area contributed by atoms with Gasteiger partial charge in [-0.05, 0) is 57.9 Å². The van der Waals surface area contributed by atoms with E-state index in [0.29, 0.717) is 12.6 Å². The number of hydrogen-bond donors (Lipinski definition) is 2. The lowest BCUT2D eigenvalue weighted by Gasteiger charge is -2.49. The van der Waals surface area contributed by atoms with Gasteiger partial charge in [-0.3, -0.25) is 0 Å². The van der Waals surface area contributed by atoms with Gasteiger partial charge in [0, 0.05) is 31.8 Å². The fraction of sp³-hybridized carbons (Fsp3) is 1.00. The minimum absolute atomic E-state index is 0.334. The van der Waals surface area contributed by atoms with E-state index in [1.54, 1.807) is 0 Å². The fourth-order valence-electron chi connectivity index (χ4n) is 3.73. The summed E-state index contributed by atoms with van der Waals surface area (Å²) in [5.41, 5.74) is 0. The first kappa shape index (κ1) is 14.3. The molecule has 2 bridgehead atoms. The van der Waals surface area contributed by atoms with E-state index in [-0.39, 0.29) is 0 Å². The van der Waals surface area contributed by atoms with Gasteiger partial charge in [-0.15, -0.1) is 0 Å². The van der Waals surface area contributed by atoms with Crippen molar-refractivity contribution < 1.29 is 5.11 Å². The molecule has 2 aliphatic rings. The number of piperidine rings is 1. The van der Waals surface area contributed by atoms with Crippen molar-refractivity contribution in [2.24, 2.45) is 11.8 Å². The molecular weight excluding hydrogens is 224 g/mol. The normalized spacial score (nSPS) is 33.0. The Kier molecular flexibility index (Phi) is 5.46.